The van der Waals surface area contributed by atoms with Crippen LogP contribution >= 0.6 is 0 Å². The Kier molecular flexibility index (Phi) is 4.84. The molecule has 1 saturated heterocycles. The number of anilines is 1. The van der Waals surface area contributed by atoms with Crippen molar-refractivity contribution < 1.29 is 19.0 Å². The average molecular weight is 279 g/mol. The van der Waals surface area contributed by atoms with Gasteiger partial charge < -0.3 is 19.5 Å². The van der Waals surface area contributed by atoms with Crippen LogP contribution in [-0.4, -0.2) is 38.4 Å². The molecule has 0 spiro atoms. The molecule has 0 amide bonds. The fraction of sp³-hybridized carbons (Fsp3) is 0.533. The summed E-state index contributed by atoms with van der Waals surface area (Å²) in [5.41, 5.74) is 0.184. The van der Waals surface area contributed by atoms with Crippen molar-refractivity contribution in [3.05, 3.63) is 24.3 Å². The molecule has 0 radical (unpaired) electrons. The topological polar surface area (TPSA) is 56.8 Å². The molecular formula is C15H21NO4. The van der Waals surface area contributed by atoms with Crippen LogP contribution in [0.2, 0.25) is 0 Å². The summed E-state index contributed by atoms with van der Waals surface area (Å²) in [6.45, 7) is 3.31. The van der Waals surface area contributed by atoms with Gasteiger partial charge in [0.2, 0.25) is 0 Å². The van der Waals surface area contributed by atoms with Crippen molar-refractivity contribution in [2.75, 3.05) is 32.2 Å². The summed E-state index contributed by atoms with van der Waals surface area (Å²) in [5.74, 6) is 0.576. The number of carbonyl (C=O) groups excluding carboxylic acids is 1. The molecule has 1 aromatic carbocycles. The Hall–Kier alpha value is -1.75. The predicted octanol–water partition coefficient (Wildman–Crippen LogP) is 2.22. The van der Waals surface area contributed by atoms with E-state index in [9.17, 15) is 4.79 Å². The minimum Gasteiger partial charge on any atom is -0.497 e. The third kappa shape index (κ3) is 3.22. The molecule has 5 heteroatoms. The maximum absolute atomic E-state index is 12.3. The molecule has 1 aromatic rings. The standard InChI is InChI=1S/C15H21NO4/c1-3-20-14(17)15(8-10-19-11-9-15)16-12-4-6-13(18-2)7-5-12/h4-7,16H,3,8-11H2,1-2H3. The highest BCUT2D eigenvalue weighted by molar-refractivity contribution is 5.84. The second-order valence-electron chi connectivity index (χ2n) is 4.77. The maximum Gasteiger partial charge on any atom is 0.331 e. The van der Waals surface area contributed by atoms with Gasteiger partial charge in [-0.2, -0.15) is 0 Å². The van der Waals surface area contributed by atoms with Crippen LogP contribution < -0.4 is 10.1 Å². The van der Waals surface area contributed by atoms with E-state index in [1.807, 2.05) is 31.2 Å². The fourth-order valence-electron chi connectivity index (χ4n) is 2.32. The van der Waals surface area contributed by atoms with Crippen LogP contribution in [0.25, 0.3) is 0 Å². The molecule has 1 aliphatic rings. The van der Waals surface area contributed by atoms with Crippen LogP contribution in [0.4, 0.5) is 5.69 Å². The number of methoxy groups -OCH3 is 1. The van der Waals surface area contributed by atoms with Gasteiger partial charge in [-0.15, -0.1) is 0 Å². The van der Waals surface area contributed by atoms with Crippen molar-refractivity contribution in [3.8, 4) is 5.75 Å². The van der Waals surface area contributed by atoms with Crippen molar-refractivity contribution in [2.24, 2.45) is 0 Å². The average Bonchev–Trinajstić information content (AvgIpc) is 2.49. The van der Waals surface area contributed by atoms with E-state index in [4.69, 9.17) is 14.2 Å². The third-order valence-corrected chi connectivity index (χ3v) is 3.49. The van der Waals surface area contributed by atoms with Gasteiger partial charge in [0.15, 0.2) is 0 Å². The van der Waals surface area contributed by atoms with Gasteiger partial charge in [0.05, 0.1) is 13.7 Å². The monoisotopic (exact) mass is 279 g/mol. The number of carbonyl (C=O) groups is 1. The summed E-state index contributed by atoms with van der Waals surface area (Å²) in [5, 5.41) is 3.32. The zero-order valence-corrected chi connectivity index (χ0v) is 12.0. The van der Waals surface area contributed by atoms with E-state index in [0.29, 0.717) is 32.7 Å². The Labute approximate surface area is 119 Å². The Morgan fingerprint density at radius 2 is 1.95 bits per heavy atom. The van der Waals surface area contributed by atoms with Gasteiger partial charge >= 0.3 is 5.97 Å². The molecule has 2 rings (SSSR count). The number of nitrogens with one attached hydrogen (secondary N) is 1. The van der Waals surface area contributed by atoms with Crippen LogP contribution in [0.3, 0.4) is 0 Å². The van der Waals surface area contributed by atoms with E-state index < -0.39 is 5.54 Å². The zero-order chi connectivity index (χ0) is 14.4. The zero-order valence-electron chi connectivity index (χ0n) is 12.0. The molecule has 0 aromatic heterocycles. The van der Waals surface area contributed by atoms with Gasteiger partial charge in [0, 0.05) is 31.7 Å². The number of hydrogen-bond acceptors (Lipinski definition) is 5. The van der Waals surface area contributed by atoms with E-state index in [2.05, 4.69) is 5.32 Å². The minimum atomic E-state index is -0.692. The summed E-state index contributed by atoms with van der Waals surface area (Å²) >= 11 is 0. The highest BCUT2D eigenvalue weighted by atomic mass is 16.5. The Morgan fingerprint density at radius 1 is 1.30 bits per heavy atom. The smallest absolute Gasteiger partial charge is 0.331 e. The van der Waals surface area contributed by atoms with Crippen LogP contribution in [0.15, 0.2) is 24.3 Å². The van der Waals surface area contributed by atoms with Crippen molar-refractivity contribution in [2.45, 2.75) is 25.3 Å². The van der Waals surface area contributed by atoms with Crippen LogP contribution in [-0.2, 0) is 14.3 Å². The molecule has 5 nitrogen and oxygen atoms in total. The lowest BCUT2D eigenvalue weighted by Crippen LogP contribution is -2.51. The van der Waals surface area contributed by atoms with Gasteiger partial charge in [-0.05, 0) is 31.2 Å². The second kappa shape index (κ2) is 6.61. The Balaban J connectivity index is 2.15. The van der Waals surface area contributed by atoms with Crippen LogP contribution in [0.5, 0.6) is 5.75 Å². The van der Waals surface area contributed by atoms with Crippen LogP contribution in [0.1, 0.15) is 19.8 Å². The lowest BCUT2D eigenvalue weighted by Gasteiger charge is -2.36. The first-order chi connectivity index (χ1) is 9.70. The Morgan fingerprint density at radius 3 is 2.50 bits per heavy atom. The molecule has 0 saturated carbocycles. The van der Waals surface area contributed by atoms with Crippen molar-refractivity contribution in [1.82, 2.24) is 0 Å². The van der Waals surface area contributed by atoms with E-state index in [1.54, 1.807) is 7.11 Å². The predicted molar refractivity (Wildman–Crippen MR) is 76.0 cm³/mol. The first kappa shape index (κ1) is 14.7. The summed E-state index contributed by atoms with van der Waals surface area (Å²) in [6.07, 6.45) is 1.22. The van der Waals surface area contributed by atoms with Gasteiger partial charge in [-0.25, -0.2) is 4.79 Å². The van der Waals surface area contributed by atoms with Crippen molar-refractivity contribution >= 4 is 11.7 Å². The van der Waals surface area contributed by atoms with E-state index >= 15 is 0 Å². The molecule has 110 valence electrons. The molecule has 1 fully saturated rings. The van der Waals surface area contributed by atoms with Crippen LogP contribution in [0, 0.1) is 0 Å². The van der Waals surface area contributed by atoms with Gasteiger partial charge in [-0.1, -0.05) is 0 Å². The molecule has 0 aliphatic carbocycles. The molecule has 20 heavy (non-hydrogen) atoms. The summed E-state index contributed by atoms with van der Waals surface area (Å²) < 4.78 is 15.7. The quantitative estimate of drug-likeness (QED) is 0.838. The summed E-state index contributed by atoms with van der Waals surface area (Å²) in [7, 11) is 1.63. The summed E-state index contributed by atoms with van der Waals surface area (Å²) in [4.78, 5) is 12.3. The lowest BCUT2D eigenvalue weighted by atomic mass is 9.89. The number of hydrogen-bond donors (Lipinski definition) is 1. The Bertz CT molecular complexity index is 438. The normalized spacial score (nSPS) is 17.3. The van der Waals surface area contributed by atoms with Crippen molar-refractivity contribution in [1.29, 1.82) is 0 Å². The maximum atomic E-state index is 12.3. The molecule has 1 N–H and O–H groups in total. The van der Waals surface area contributed by atoms with Gasteiger partial charge in [0.1, 0.15) is 11.3 Å². The second-order valence-corrected chi connectivity index (χ2v) is 4.77. The molecule has 0 unspecified atom stereocenters. The number of ether oxygens (including phenoxy) is 3. The fourth-order valence-corrected chi connectivity index (χ4v) is 2.32. The van der Waals surface area contributed by atoms with E-state index in [0.717, 1.165) is 11.4 Å². The number of esters is 1. The van der Waals surface area contributed by atoms with Crippen molar-refractivity contribution in [3.63, 3.8) is 0 Å². The SMILES string of the molecule is CCOC(=O)C1(Nc2ccc(OC)cc2)CCOCC1. The van der Waals surface area contributed by atoms with E-state index in [-0.39, 0.29) is 5.97 Å². The molecule has 0 atom stereocenters. The highest BCUT2D eigenvalue weighted by Crippen LogP contribution is 2.28. The van der Waals surface area contributed by atoms with Gasteiger partial charge in [0.25, 0.3) is 0 Å². The largest absolute Gasteiger partial charge is 0.497 e. The molecule has 1 aliphatic heterocycles. The lowest BCUT2D eigenvalue weighted by molar-refractivity contribution is -0.152. The van der Waals surface area contributed by atoms with Gasteiger partial charge in [-0.3, -0.25) is 0 Å². The first-order valence-electron chi connectivity index (χ1n) is 6.87. The molecule has 0 bridgehead atoms. The molecular weight excluding hydrogens is 258 g/mol. The molecule has 1 heterocycles. The number of benzene rings is 1. The first-order valence-corrected chi connectivity index (χ1v) is 6.87. The number of rotatable bonds is 5. The third-order valence-electron chi connectivity index (χ3n) is 3.49. The highest BCUT2D eigenvalue weighted by Gasteiger charge is 2.41. The minimum absolute atomic E-state index is 0.209. The summed E-state index contributed by atoms with van der Waals surface area (Å²) in [6, 6.07) is 7.52. The van der Waals surface area contributed by atoms with E-state index in [1.165, 1.54) is 0 Å².